The number of hydrogen-bond donors (Lipinski definition) is 1. The van der Waals surface area contributed by atoms with Gasteiger partial charge in [0.15, 0.2) is 24.7 Å². The zero-order valence-electron chi connectivity index (χ0n) is 18.9. The summed E-state index contributed by atoms with van der Waals surface area (Å²) < 4.78 is 17.7. The van der Waals surface area contributed by atoms with E-state index >= 15 is 0 Å². The number of rotatable bonds is 10. The molecule has 0 fully saturated rings. The molecule has 1 heterocycles. The summed E-state index contributed by atoms with van der Waals surface area (Å²) in [6, 6.07) is 15.8. The molecule has 0 amide bonds. The number of aromatic nitrogens is 2. The maximum atomic E-state index is 12.7. The Hall–Kier alpha value is -4.34. The number of anilines is 1. The van der Waals surface area contributed by atoms with Gasteiger partial charge in [-0.05, 0) is 24.6 Å². The number of esters is 1. The fraction of sp³-hybridized carbons (Fsp3) is 0.250. The van der Waals surface area contributed by atoms with Crippen LogP contribution in [-0.2, 0) is 23.1 Å². The average molecular weight is 467 g/mol. The number of carbonyl (C=O) groups is 2. The van der Waals surface area contributed by atoms with Gasteiger partial charge in [-0.1, -0.05) is 42.5 Å². The summed E-state index contributed by atoms with van der Waals surface area (Å²) in [5, 5.41) is 0. The van der Waals surface area contributed by atoms with Crippen LogP contribution in [-0.4, -0.2) is 40.7 Å². The van der Waals surface area contributed by atoms with Crippen LogP contribution in [0.15, 0.2) is 64.2 Å². The lowest BCUT2D eigenvalue weighted by Crippen LogP contribution is -2.43. The number of ketones is 1. The minimum absolute atomic E-state index is 0.0623. The first-order valence-corrected chi connectivity index (χ1v) is 10.5. The molecular weight excluding hydrogens is 442 g/mol. The molecular formula is C24H25N3O7. The number of nitrogens with zero attached hydrogens (tertiary/aromatic N) is 2. The predicted octanol–water partition coefficient (Wildman–Crippen LogP) is 1.38. The average Bonchev–Trinajstić information content (AvgIpc) is 2.84. The lowest BCUT2D eigenvalue weighted by molar-refractivity contribution is -0.144. The second-order valence-electron chi connectivity index (χ2n) is 7.23. The molecule has 178 valence electrons. The molecule has 0 spiro atoms. The van der Waals surface area contributed by atoms with E-state index in [0.717, 1.165) is 14.7 Å². The Morgan fingerprint density at radius 2 is 1.53 bits per heavy atom. The Morgan fingerprint density at radius 3 is 2.18 bits per heavy atom. The van der Waals surface area contributed by atoms with Crippen LogP contribution in [0.1, 0.15) is 22.8 Å². The van der Waals surface area contributed by atoms with Gasteiger partial charge in [-0.2, -0.15) is 0 Å². The van der Waals surface area contributed by atoms with Crippen LogP contribution < -0.4 is 26.5 Å². The zero-order valence-corrected chi connectivity index (χ0v) is 18.9. The minimum Gasteiger partial charge on any atom is -0.490 e. The van der Waals surface area contributed by atoms with Gasteiger partial charge in [0, 0.05) is 7.05 Å². The van der Waals surface area contributed by atoms with Gasteiger partial charge in [0.25, 0.3) is 5.56 Å². The largest absolute Gasteiger partial charge is 0.490 e. The van der Waals surface area contributed by atoms with Gasteiger partial charge in [-0.15, -0.1) is 0 Å². The van der Waals surface area contributed by atoms with Crippen molar-refractivity contribution >= 4 is 17.6 Å². The van der Waals surface area contributed by atoms with E-state index in [2.05, 4.69) is 0 Å². The number of hydrogen-bond acceptors (Lipinski definition) is 8. The molecule has 0 unspecified atom stereocenters. The summed E-state index contributed by atoms with van der Waals surface area (Å²) in [5.41, 5.74) is 4.84. The van der Waals surface area contributed by atoms with Crippen molar-refractivity contribution in [2.75, 3.05) is 25.6 Å². The number of nitrogens with two attached hydrogens (primary N) is 1. The van der Waals surface area contributed by atoms with Crippen LogP contribution in [0.5, 0.6) is 11.5 Å². The zero-order chi connectivity index (χ0) is 24.7. The summed E-state index contributed by atoms with van der Waals surface area (Å²) >= 11 is 0. The lowest BCUT2D eigenvalue weighted by Gasteiger charge is -2.15. The molecule has 0 atom stereocenters. The summed E-state index contributed by atoms with van der Waals surface area (Å²) in [5.74, 6) is -1.14. The molecule has 34 heavy (non-hydrogen) atoms. The van der Waals surface area contributed by atoms with Gasteiger partial charge in [-0.25, -0.2) is 9.59 Å². The third kappa shape index (κ3) is 5.52. The van der Waals surface area contributed by atoms with Crippen LogP contribution in [0.25, 0.3) is 0 Å². The summed E-state index contributed by atoms with van der Waals surface area (Å²) in [7, 11) is 1.25. The van der Waals surface area contributed by atoms with E-state index in [-0.39, 0.29) is 12.4 Å². The second-order valence-corrected chi connectivity index (χ2v) is 7.23. The third-order valence-corrected chi connectivity index (χ3v) is 4.90. The van der Waals surface area contributed by atoms with Crippen LogP contribution in [0.4, 0.5) is 5.82 Å². The smallest absolute Gasteiger partial charge is 0.344 e. The molecule has 10 heteroatoms. The van der Waals surface area contributed by atoms with Gasteiger partial charge in [0.05, 0.1) is 13.2 Å². The maximum absolute atomic E-state index is 12.7. The number of Topliss-reactive ketones (excluding diaryl/α,β-unsaturated/α-hetero) is 1. The molecule has 0 bridgehead atoms. The molecule has 10 nitrogen and oxygen atoms in total. The molecule has 0 radical (unpaired) electrons. The Kier molecular flexibility index (Phi) is 7.86. The molecule has 0 aliphatic carbocycles. The Labute approximate surface area is 195 Å². The monoisotopic (exact) mass is 467 g/mol. The molecule has 1 aromatic heterocycles. The van der Waals surface area contributed by atoms with E-state index in [1.165, 1.54) is 7.05 Å². The summed E-state index contributed by atoms with van der Waals surface area (Å²) in [6.45, 7) is 1.08. The topological polar surface area (TPSA) is 132 Å². The van der Waals surface area contributed by atoms with Gasteiger partial charge < -0.3 is 19.9 Å². The fourth-order valence-electron chi connectivity index (χ4n) is 3.20. The van der Waals surface area contributed by atoms with Gasteiger partial charge in [0.2, 0.25) is 5.78 Å². The van der Waals surface area contributed by atoms with E-state index in [9.17, 15) is 19.2 Å². The number of ether oxygens (including phenoxy) is 3. The Morgan fingerprint density at radius 1 is 0.912 bits per heavy atom. The van der Waals surface area contributed by atoms with Crippen molar-refractivity contribution in [1.29, 1.82) is 0 Å². The molecule has 2 N–H and O–H groups in total. The highest BCUT2D eigenvalue weighted by molar-refractivity contribution is 6.01. The van der Waals surface area contributed by atoms with Crippen molar-refractivity contribution in [2.24, 2.45) is 7.05 Å². The first-order chi connectivity index (χ1) is 16.3. The van der Waals surface area contributed by atoms with Crippen molar-refractivity contribution in [1.82, 2.24) is 9.13 Å². The quantitative estimate of drug-likeness (QED) is 0.349. The van der Waals surface area contributed by atoms with Crippen LogP contribution in [0, 0.1) is 0 Å². The van der Waals surface area contributed by atoms with Crippen molar-refractivity contribution in [3.63, 3.8) is 0 Å². The molecule has 0 aliphatic heterocycles. The number of carbonyl (C=O) groups excluding carboxylic acids is 2. The van der Waals surface area contributed by atoms with Crippen molar-refractivity contribution in [3.05, 3.63) is 86.6 Å². The fourth-order valence-corrected chi connectivity index (χ4v) is 3.20. The van der Waals surface area contributed by atoms with E-state index in [1.807, 2.05) is 13.0 Å². The SMILES string of the molecule is CCOc1ccccc1OCC(=O)OCC(=O)c1c(N)n(Cc2ccccc2)c(=O)n(C)c1=O. The molecule has 0 aliphatic rings. The normalized spacial score (nSPS) is 10.5. The maximum Gasteiger partial charge on any atom is 0.344 e. The van der Waals surface area contributed by atoms with Crippen molar-refractivity contribution < 1.29 is 23.8 Å². The van der Waals surface area contributed by atoms with E-state index in [0.29, 0.717) is 18.1 Å². The standard InChI is InChI=1S/C24H25N3O7/c1-3-32-18-11-7-8-12-19(18)33-15-20(29)34-14-17(28)21-22(25)27(24(31)26(2)23(21)30)13-16-9-5-4-6-10-16/h4-12H,3,13-15,25H2,1-2H3. The third-order valence-electron chi connectivity index (χ3n) is 4.90. The molecule has 0 saturated carbocycles. The highest BCUT2D eigenvalue weighted by Gasteiger charge is 2.23. The number of nitrogen functional groups attached to an aromatic ring is 1. The van der Waals surface area contributed by atoms with Gasteiger partial charge in [0.1, 0.15) is 11.4 Å². The summed E-state index contributed by atoms with van der Waals surface area (Å²) in [6.07, 6.45) is 0. The number of benzene rings is 2. The molecule has 2 aromatic carbocycles. The van der Waals surface area contributed by atoms with Crippen molar-refractivity contribution in [2.45, 2.75) is 13.5 Å². The second kappa shape index (κ2) is 11.0. The van der Waals surface area contributed by atoms with Crippen LogP contribution >= 0.6 is 0 Å². The predicted molar refractivity (Wildman–Crippen MR) is 124 cm³/mol. The molecule has 0 saturated heterocycles. The van der Waals surface area contributed by atoms with Crippen molar-refractivity contribution in [3.8, 4) is 11.5 Å². The van der Waals surface area contributed by atoms with Crippen LogP contribution in [0.2, 0.25) is 0 Å². The lowest BCUT2D eigenvalue weighted by atomic mass is 10.2. The van der Waals surface area contributed by atoms with Gasteiger partial charge >= 0.3 is 11.7 Å². The Bertz CT molecular complexity index is 1300. The van der Waals surface area contributed by atoms with E-state index in [1.54, 1.807) is 48.5 Å². The van der Waals surface area contributed by atoms with Gasteiger partial charge in [-0.3, -0.25) is 18.7 Å². The Balaban J connectivity index is 1.71. The first kappa shape index (κ1) is 24.3. The minimum atomic E-state index is -0.866. The molecule has 3 aromatic rings. The van der Waals surface area contributed by atoms with Crippen LogP contribution in [0.3, 0.4) is 0 Å². The van der Waals surface area contributed by atoms with E-state index in [4.69, 9.17) is 19.9 Å². The van der Waals surface area contributed by atoms with E-state index < -0.39 is 41.8 Å². The highest BCUT2D eigenvalue weighted by Crippen LogP contribution is 2.26. The molecule has 3 rings (SSSR count). The summed E-state index contributed by atoms with van der Waals surface area (Å²) in [4.78, 5) is 50.0. The highest BCUT2D eigenvalue weighted by atomic mass is 16.6. The first-order valence-electron chi connectivity index (χ1n) is 10.5. The number of para-hydroxylation sites is 2.